The Balaban J connectivity index is 2.17. The molecule has 1 N–H and O–H groups in total. The summed E-state index contributed by atoms with van der Waals surface area (Å²) in [5, 5.41) is 11.4. The Bertz CT molecular complexity index is 597. The first-order valence-corrected chi connectivity index (χ1v) is 5.95. The van der Waals surface area contributed by atoms with Crippen molar-refractivity contribution >= 4 is 23.3 Å². The van der Waals surface area contributed by atoms with E-state index in [0.717, 1.165) is 5.69 Å². The van der Waals surface area contributed by atoms with Crippen molar-refractivity contribution in [3.63, 3.8) is 0 Å². The van der Waals surface area contributed by atoms with E-state index in [1.807, 2.05) is 0 Å². The van der Waals surface area contributed by atoms with E-state index < -0.39 is 5.97 Å². The number of aryl methyl sites for hydroxylation is 1. The first-order chi connectivity index (χ1) is 9.10. The lowest BCUT2D eigenvalue weighted by Gasteiger charge is -2.09. The Kier molecular flexibility index (Phi) is 4.01. The number of carbonyl (C=O) groups is 1. The maximum absolute atomic E-state index is 11.6. The molecule has 0 aliphatic carbocycles. The number of rotatable bonds is 4. The number of methoxy groups -OCH3 is 1. The van der Waals surface area contributed by atoms with Crippen LogP contribution in [0.1, 0.15) is 16.1 Å². The molecular formula is C12H13ClN4O2. The summed E-state index contributed by atoms with van der Waals surface area (Å²) in [6.45, 7) is 0.458. The number of carbonyl (C=O) groups excluding carboxylic acids is 1. The van der Waals surface area contributed by atoms with Gasteiger partial charge >= 0.3 is 5.97 Å². The monoisotopic (exact) mass is 280 g/mol. The van der Waals surface area contributed by atoms with Gasteiger partial charge in [0, 0.05) is 24.0 Å². The highest BCUT2D eigenvalue weighted by atomic mass is 35.5. The fraction of sp³-hybridized carbons (Fsp3) is 0.250. The zero-order chi connectivity index (χ0) is 13.8. The summed E-state index contributed by atoms with van der Waals surface area (Å²) in [6, 6.07) is 4.99. The highest BCUT2D eigenvalue weighted by Crippen LogP contribution is 2.21. The van der Waals surface area contributed by atoms with E-state index in [1.165, 1.54) is 7.11 Å². The standard InChI is InChI=1S/C12H13ClN4O2/c1-17-7-9(15-16-17)6-14-11-4-3-8(13)5-10(11)12(18)19-2/h3-5,7,14H,6H2,1-2H3. The van der Waals surface area contributed by atoms with Gasteiger partial charge in [0.1, 0.15) is 5.69 Å². The van der Waals surface area contributed by atoms with Gasteiger partial charge in [0.2, 0.25) is 0 Å². The van der Waals surface area contributed by atoms with Crippen LogP contribution in [0.15, 0.2) is 24.4 Å². The third-order valence-electron chi connectivity index (χ3n) is 2.50. The van der Waals surface area contributed by atoms with E-state index in [-0.39, 0.29) is 0 Å². The Morgan fingerprint density at radius 1 is 1.53 bits per heavy atom. The molecule has 6 nitrogen and oxygen atoms in total. The van der Waals surface area contributed by atoms with Crippen LogP contribution in [0.3, 0.4) is 0 Å². The Hall–Kier alpha value is -2.08. The van der Waals surface area contributed by atoms with Gasteiger partial charge in [-0.25, -0.2) is 4.79 Å². The van der Waals surface area contributed by atoms with Crippen LogP contribution in [-0.4, -0.2) is 28.1 Å². The number of ether oxygens (including phenoxy) is 1. The summed E-state index contributed by atoms with van der Waals surface area (Å²) in [5.74, 6) is -0.441. The second-order valence-corrected chi connectivity index (χ2v) is 4.36. The first kappa shape index (κ1) is 13.4. The number of esters is 1. The molecule has 2 rings (SSSR count). The molecule has 0 saturated heterocycles. The van der Waals surface area contributed by atoms with Crippen LogP contribution in [0.5, 0.6) is 0 Å². The lowest BCUT2D eigenvalue weighted by Crippen LogP contribution is -2.08. The number of nitrogens with one attached hydrogen (secondary N) is 1. The van der Waals surface area contributed by atoms with Gasteiger partial charge in [0.05, 0.1) is 19.2 Å². The lowest BCUT2D eigenvalue weighted by molar-refractivity contribution is 0.0602. The van der Waals surface area contributed by atoms with Crippen molar-refractivity contribution in [2.45, 2.75) is 6.54 Å². The molecule has 2 aromatic rings. The van der Waals surface area contributed by atoms with Gasteiger partial charge in [-0.2, -0.15) is 0 Å². The molecule has 0 atom stereocenters. The Morgan fingerprint density at radius 2 is 2.32 bits per heavy atom. The number of halogens is 1. The Morgan fingerprint density at radius 3 is 2.95 bits per heavy atom. The van der Waals surface area contributed by atoms with Crippen LogP contribution in [0.2, 0.25) is 5.02 Å². The highest BCUT2D eigenvalue weighted by Gasteiger charge is 2.12. The number of nitrogens with zero attached hydrogens (tertiary/aromatic N) is 3. The van der Waals surface area contributed by atoms with Crippen molar-refractivity contribution < 1.29 is 9.53 Å². The SMILES string of the molecule is COC(=O)c1cc(Cl)ccc1NCc1cn(C)nn1. The molecule has 0 radical (unpaired) electrons. The van der Waals surface area contributed by atoms with Crippen LogP contribution in [0, 0.1) is 0 Å². The van der Waals surface area contributed by atoms with E-state index in [0.29, 0.717) is 22.8 Å². The average Bonchev–Trinajstić information content (AvgIpc) is 2.82. The average molecular weight is 281 g/mol. The molecule has 0 bridgehead atoms. The van der Waals surface area contributed by atoms with Crippen LogP contribution in [0.25, 0.3) is 0 Å². The largest absolute Gasteiger partial charge is 0.465 e. The second-order valence-electron chi connectivity index (χ2n) is 3.92. The maximum atomic E-state index is 11.6. The Labute approximate surface area is 115 Å². The minimum Gasteiger partial charge on any atom is -0.465 e. The smallest absolute Gasteiger partial charge is 0.340 e. The normalized spacial score (nSPS) is 10.3. The molecule has 0 fully saturated rings. The minimum atomic E-state index is -0.441. The van der Waals surface area contributed by atoms with Crippen LogP contribution in [0.4, 0.5) is 5.69 Å². The fourth-order valence-electron chi connectivity index (χ4n) is 1.61. The molecule has 100 valence electrons. The van der Waals surface area contributed by atoms with Crippen molar-refractivity contribution in [1.29, 1.82) is 0 Å². The minimum absolute atomic E-state index is 0.388. The summed E-state index contributed by atoms with van der Waals surface area (Å²) in [7, 11) is 3.12. The predicted octanol–water partition coefficient (Wildman–Crippen LogP) is 1.87. The van der Waals surface area contributed by atoms with Gasteiger partial charge in [0.15, 0.2) is 0 Å². The molecule has 0 saturated carbocycles. The van der Waals surface area contributed by atoms with Gasteiger partial charge in [-0.05, 0) is 18.2 Å². The van der Waals surface area contributed by atoms with E-state index >= 15 is 0 Å². The van der Waals surface area contributed by atoms with Gasteiger partial charge in [-0.15, -0.1) is 5.10 Å². The lowest BCUT2D eigenvalue weighted by atomic mass is 10.1. The third-order valence-corrected chi connectivity index (χ3v) is 2.73. The quantitative estimate of drug-likeness (QED) is 0.866. The molecule has 19 heavy (non-hydrogen) atoms. The van der Waals surface area contributed by atoms with Crippen LogP contribution in [-0.2, 0) is 18.3 Å². The molecule has 0 aliphatic rings. The molecule has 0 spiro atoms. The molecule has 0 amide bonds. The summed E-state index contributed by atoms with van der Waals surface area (Å²) >= 11 is 5.88. The van der Waals surface area contributed by atoms with Gasteiger partial charge < -0.3 is 10.1 Å². The molecule has 1 heterocycles. The van der Waals surface area contributed by atoms with E-state index in [2.05, 4.69) is 15.6 Å². The molecule has 1 aromatic carbocycles. The summed E-state index contributed by atoms with van der Waals surface area (Å²) in [6.07, 6.45) is 1.79. The van der Waals surface area contributed by atoms with Crippen molar-refractivity contribution in [3.05, 3.63) is 40.7 Å². The summed E-state index contributed by atoms with van der Waals surface area (Å²) in [5.41, 5.74) is 1.80. The highest BCUT2D eigenvalue weighted by molar-refractivity contribution is 6.31. The van der Waals surface area contributed by atoms with Crippen LogP contribution >= 0.6 is 11.6 Å². The fourth-order valence-corrected chi connectivity index (χ4v) is 1.78. The second kappa shape index (κ2) is 5.71. The molecular weight excluding hydrogens is 268 g/mol. The molecule has 0 aliphatic heterocycles. The zero-order valence-electron chi connectivity index (χ0n) is 10.6. The van der Waals surface area contributed by atoms with Crippen molar-refractivity contribution in [3.8, 4) is 0 Å². The predicted molar refractivity (Wildman–Crippen MR) is 71.1 cm³/mol. The number of anilines is 1. The molecule has 7 heteroatoms. The third kappa shape index (κ3) is 3.23. The zero-order valence-corrected chi connectivity index (χ0v) is 11.3. The van der Waals surface area contributed by atoms with Gasteiger partial charge in [0.25, 0.3) is 0 Å². The maximum Gasteiger partial charge on any atom is 0.340 e. The number of aromatic nitrogens is 3. The number of hydrogen-bond acceptors (Lipinski definition) is 5. The molecule has 0 unspecified atom stereocenters. The summed E-state index contributed by atoms with van der Waals surface area (Å²) in [4.78, 5) is 11.6. The number of hydrogen-bond donors (Lipinski definition) is 1. The first-order valence-electron chi connectivity index (χ1n) is 5.57. The van der Waals surface area contributed by atoms with Crippen molar-refractivity contribution in [2.75, 3.05) is 12.4 Å². The number of benzene rings is 1. The van der Waals surface area contributed by atoms with Crippen molar-refractivity contribution in [2.24, 2.45) is 7.05 Å². The van der Waals surface area contributed by atoms with E-state index in [1.54, 1.807) is 36.1 Å². The molecule has 1 aromatic heterocycles. The van der Waals surface area contributed by atoms with E-state index in [4.69, 9.17) is 16.3 Å². The van der Waals surface area contributed by atoms with Crippen molar-refractivity contribution in [1.82, 2.24) is 15.0 Å². The topological polar surface area (TPSA) is 69.0 Å². The van der Waals surface area contributed by atoms with Crippen LogP contribution < -0.4 is 5.32 Å². The van der Waals surface area contributed by atoms with Gasteiger partial charge in [-0.1, -0.05) is 16.8 Å². The van der Waals surface area contributed by atoms with Gasteiger partial charge in [-0.3, -0.25) is 4.68 Å². The van der Waals surface area contributed by atoms with E-state index in [9.17, 15) is 4.79 Å². The summed E-state index contributed by atoms with van der Waals surface area (Å²) < 4.78 is 6.33.